The fourth-order valence-electron chi connectivity index (χ4n) is 2.69. The smallest absolute Gasteiger partial charge is 0.205 e. The van der Waals surface area contributed by atoms with Gasteiger partial charge in [-0.3, -0.25) is 4.79 Å². The van der Waals surface area contributed by atoms with Gasteiger partial charge in [-0.25, -0.2) is 0 Å². The molecule has 1 aromatic carbocycles. The molecule has 5 heteroatoms. The number of furan rings is 1. The number of nitrogens with two attached hydrogens (primary N) is 1. The molecule has 0 saturated carbocycles. The Balaban J connectivity index is 2.01. The molecule has 0 unspecified atom stereocenters. The van der Waals surface area contributed by atoms with E-state index in [1.807, 2.05) is 12.1 Å². The number of carbonyl (C=O) groups excluding carboxylic acids is 1. The Morgan fingerprint density at radius 3 is 2.75 bits per heavy atom. The number of benzene rings is 1. The summed E-state index contributed by atoms with van der Waals surface area (Å²) in [7, 11) is 0. The highest BCUT2D eigenvalue weighted by Gasteiger charge is 2.40. The number of ether oxygens (including phenoxy) is 1. The van der Waals surface area contributed by atoms with Gasteiger partial charge < -0.3 is 14.9 Å². The molecular weight excluding hydrogens is 278 g/mol. The Bertz CT molecular complexity index is 644. The number of fused-ring (bicyclic) bond motifs is 1. The molecule has 1 aliphatic rings. The second-order valence-corrected chi connectivity index (χ2v) is 5.60. The van der Waals surface area contributed by atoms with E-state index in [4.69, 9.17) is 26.5 Å². The molecule has 2 heterocycles. The normalized spacial score (nSPS) is 18.3. The lowest BCUT2D eigenvalue weighted by Crippen LogP contribution is -2.43. The molecule has 0 bridgehead atoms. The van der Waals surface area contributed by atoms with Gasteiger partial charge in [-0.15, -0.1) is 0 Å². The molecule has 1 fully saturated rings. The summed E-state index contributed by atoms with van der Waals surface area (Å²) >= 11 is 6.08. The van der Waals surface area contributed by atoms with Crippen LogP contribution in [0.5, 0.6) is 0 Å². The van der Waals surface area contributed by atoms with Crippen LogP contribution in [0, 0.1) is 5.41 Å². The molecular formula is C15H16ClNO3. The first-order valence-electron chi connectivity index (χ1n) is 6.67. The molecule has 0 aliphatic carbocycles. The Labute approximate surface area is 121 Å². The molecule has 2 aromatic rings. The Morgan fingerprint density at radius 2 is 2.10 bits per heavy atom. The van der Waals surface area contributed by atoms with Crippen molar-refractivity contribution >= 4 is 28.4 Å². The molecule has 0 atom stereocenters. The fourth-order valence-corrected chi connectivity index (χ4v) is 2.91. The van der Waals surface area contributed by atoms with Gasteiger partial charge in [0.05, 0.1) is 10.4 Å². The van der Waals surface area contributed by atoms with E-state index in [9.17, 15) is 4.79 Å². The number of hydrogen-bond donors (Lipinski definition) is 1. The van der Waals surface area contributed by atoms with Gasteiger partial charge in [0.15, 0.2) is 11.3 Å². The van der Waals surface area contributed by atoms with Gasteiger partial charge >= 0.3 is 0 Å². The maximum absolute atomic E-state index is 12.8. The first-order valence-corrected chi connectivity index (χ1v) is 7.05. The van der Waals surface area contributed by atoms with E-state index in [0.29, 0.717) is 49.0 Å². The van der Waals surface area contributed by atoms with Gasteiger partial charge in [0.1, 0.15) is 0 Å². The van der Waals surface area contributed by atoms with Crippen molar-refractivity contribution in [2.24, 2.45) is 11.1 Å². The molecule has 1 aromatic heterocycles. The molecule has 0 radical (unpaired) electrons. The summed E-state index contributed by atoms with van der Waals surface area (Å²) in [6, 6.07) is 7.20. The zero-order valence-electron chi connectivity index (χ0n) is 11.0. The van der Waals surface area contributed by atoms with Crippen molar-refractivity contribution in [2.45, 2.75) is 12.8 Å². The number of rotatable bonds is 3. The highest BCUT2D eigenvalue weighted by atomic mass is 35.5. The highest BCUT2D eigenvalue weighted by Crippen LogP contribution is 2.36. The molecule has 4 nitrogen and oxygen atoms in total. The molecule has 1 saturated heterocycles. The molecule has 106 valence electrons. The van der Waals surface area contributed by atoms with E-state index in [-0.39, 0.29) is 5.78 Å². The van der Waals surface area contributed by atoms with Crippen molar-refractivity contribution in [2.75, 3.05) is 19.8 Å². The summed E-state index contributed by atoms with van der Waals surface area (Å²) in [5.41, 5.74) is 5.84. The van der Waals surface area contributed by atoms with Crippen LogP contribution in [0.2, 0.25) is 5.02 Å². The molecule has 20 heavy (non-hydrogen) atoms. The Morgan fingerprint density at radius 1 is 1.35 bits per heavy atom. The summed E-state index contributed by atoms with van der Waals surface area (Å²) in [5.74, 6) is 0.288. The van der Waals surface area contributed by atoms with Crippen molar-refractivity contribution in [1.82, 2.24) is 0 Å². The van der Waals surface area contributed by atoms with Gasteiger partial charge in [-0.1, -0.05) is 23.7 Å². The fraction of sp³-hybridized carbons (Fsp3) is 0.400. The van der Waals surface area contributed by atoms with Crippen molar-refractivity contribution in [3.8, 4) is 0 Å². The van der Waals surface area contributed by atoms with Crippen molar-refractivity contribution < 1.29 is 13.9 Å². The molecule has 1 aliphatic heterocycles. The van der Waals surface area contributed by atoms with E-state index in [2.05, 4.69) is 0 Å². The third-order valence-electron chi connectivity index (χ3n) is 4.04. The van der Waals surface area contributed by atoms with Crippen LogP contribution in [-0.4, -0.2) is 25.5 Å². The van der Waals surface area contributed by atoms with Crippen molar-refractivity contribution in [3.63, 3.8) is 0 Å². The summed E-state index contributed by atoms with van der Waals surface area (Å²) in [6.45, 7) is 1.42. The maximum atomic E-state index is 12.8. The maximum Gasteiger partial charge on any atom is 0.205 e. The van der Waals surface area contributed by atoms with Crippen LogP contribution in [0.4, 0.5) is 0 Å². The van der Waals surface area contributed by atoms with Crippen LogP contribution in [0.3, 0.4) is 0 Å². The van der Waals surface area contributed by atoms with Crippen LogP contribution in [0.25, 0.3) is 11.0 Å². The number of Topliss-reactive ketones (excluding diaryl/α,β-unsaturated/α-hetero) is 1. The van der Waals surface area contributed by atoms with E-state index in [1.165, 1.54) is 0 Å². The summed E-state index contributed by atoms with van der Waals surface area (Å²) < 4.78 is 11.0. The van der Waals surface area contributed by atoms with Crippen LogP contribution in [0.1, 0.15) is 23.4 Å². The van der Waals surface area contributed by atoms with Crippen LogP contribution in [0.15, 0.2) is 28.7 Å². The predicted molar refractivity (Wildman–Crippen MR) is 77.1 cm³/mol. The average Bonchev–Trinajstić information content (AvgIpc) is 2.92. The zero-order chi connectivity index (χ0) is 14.2. The van der Waals surface area contributed by atoms with E-state index in [0.717, 1.165) is 5.39 Å². The van der Waals surface area contributed by atoms with Gasteiger partial charge in [-0.05, 0) is 25.0 Å². The number of ketones is 1. The second kappa shape index (κ2) is 5.20. The first kappa shape index (κ1) is 13.6. The molecule has 0 amide bonds. The zero-order valence-corrected chi connectivity index (χ0v) is 11.8. The topological polar surface area (TPSA) is 65.5 Å². The number of para-hydroxylation sites is 1. The van der Waals surface area contributed by atoms with Gasteiger partial charge in [0.25, 0.3) is 0 Å². The summed E-state index contributed by atoms with van der Waals surface area (Å²) in [6.07, 6.45) is 1.26. The van der Waals surface area contributed by atoms with E-state index >= 15 is 0 Å². The minimum Gasteiger partial charge on any atom is -0.451 e. The first-order chi connectivity index (χ1) is 9.66. The van der Waals surface area contributed by atoms with Crippen LogP contribution < -0.4 is 5.73 Å². The quantitative estimate of drug-likeness (QED) is 0.884. The lowest BCUT2D eigenvalue weighted by atomic mass is 9.75. The summed E-state index contributed by atoms with van der Waals surface area (Å²) in [4.78, 5) is 12.8. The van der Waals surface area contributed by atoms with Gasteiger partial charge in [0, 0.05) is 25.1 Å². The SMILES string of the molecule is NCC1(C(=O)c2cc3cccc(Cl)c3o2)CCOCC1. The highest BCUT2D eigenvalue weighted by molar-refractivity contribution is 6.34. The largest absolute Gasteiger partial charge is 0.451 e. The van der Waals surface area contributed by atoms with Gasteiger partial charge in [-0.2, -0.15) is 0 Å². The van der Waals surface area contributed by atoms with E-state index < -0.39 is 5.41 Å². The Hall–Kier alpha value is -1.36. The lowest BCUT2D eigenvalue weighted by molar-refractivity contribution is 0.0185. The number of hydrogen-bond acceptors (Lipinski definition) is 4. The molecule has 3 rings (SSSR count). The third kappa shape index (κ3) is 2.14. The number of halogens is 1. The van der Waals surface area contributed by atoms with Gasteiger partial charge in [0.2, 0.25) is 5.78 Å². The third-order valence-corrected chi connectivity index (χ3v) is 4.34. The predicted octanol–water partition coefficient (Wildman–Crippen LogP) is 3.02. The van der Waals surface area contributed by atoms with Crippen molar-refractivity contribution in [3.05, 3.63) is 35.0 Å². The second-order valence-electron chi connectivity index (χ2n) is 5.19. The molecule has 0 spiro atoms. The minimum absolute atomic E-state index is 0.0458. The molecule has 2 N–H and O–H groups in total. The standard InChI is InChI=1S/C15H16ClNO3/c16-11-3-1-2-10-8-12(20-13(10)11)14(18)15(9-17)4-6-19-7-5-15/h1-3,8H,4-7,9,17H2. The minimum atomic E-state index is -0.571. The average molecular weight is 294 g/mol. The van der Waals surface area contributed by atoms with Crippen LogP contribution >= 0.6 is 11.6 Å². The Kier molecular flexibility index (Phi) is 3.54. The summed E-state index contributed by atoms with van der Waals surface area (Å²) in [5, 5.41) is 1.34. The monoisotopic (exact) mass is 293 g/mol. The lowest BCUT2D eigenvalue weighted by Gasteiger charge is -2.33. The number of carbonyl (C=O) groups is 1. The van der Waals surface area contributed by atoms with E-state index in [1.54, 1.807) is 12.1 Å². The van der Waals surface area contributed by atoms with Crippen molar-refractivity contribution in [1.29, 1.82) is 0 Å². The van der Waals surface area contributed by atoms with Crippen LogP contribution in [-0.2, 0) is 4.74 Å².